The topological polar surface area (TPSA) is 73.6 Å². The first kappa shape index (κ1) is 18.8. The quantitative estimate of drug-likeness (QED) is 0.291. The van der Waals surface area contributed by atoms with Gasteiger partial charge in [0.1, 0.15) is 6.61 Å². The molecule has 0 aliphatic rings. The molecule has 0 aliphatic heterocycles. The van der Waals surface area contributed by atoms with E-state index in [9.17, 15) is 4.79 Å². The van der Waals surface area contributed by atoms with Crippen LogP contribution >= 0.6 is 11.6 Å². The normalized spacial score (nSPS) is 10.9. The van der Waals surface area contributed by atoms with Gasteiger partial charge in [0.25, 0.3) is 5.91 Å². The van der Waals surface area contributed by atoms with Crippen LogP contribution in [0.5, 0.6) is 11.5 Å². The zero-order chi connectivity index (χ0) is 19.2. The zero-order valence-electron chi connectivity index (χ0n) is 14.7. The van der Waals surface area contributed by atoms with E-state index in [2.05, 4.69) is 18.2 Å². The standard InChI is InChI=1S/C21H19ClN2O3/c1-26-19-12-14(9-10-20(25)24-23)11-18(22)21(19)27-13-16-7-4-6-15-5-2-3-8-17(15)16/h2-12H,13,23H2,1H3,(H,24,25)/b10-9+. The SMILES string of the molecule is COc1cc(/C=C/C(=O)NN)cc(Cl)c1OCc1cccc2ccccc12. The van der Waals surface area contributed by atoms with E-state index in [0.29, 0.717) is 28.7 Å². The summed E-state index contributed by atoms with van der Waals surface area (Å²) in [6.07, 6.45) is 2.90. The van der Waals surface area contributed by atoms with Gasteiger partial charge < -0.3 is 9.47 Å². The van der Waals surface area contributed by atoms with Crippen LogP contribution in [0.2, 0.25) is 5.02 Å². The highest BCUT2D eigenvalue weighted by Gasteiger charge is 2.12. The summed E-state index contributed by atoms with van der Waals surface area (Å²) in [5, 5.41) is 2.67. The fourth-order valence-electron chi connectivity index (χ4n) is 2.76. The number of hydrazine groups is 1. The van der Waals surface area contributed by atoms with Gasteiger partial charge in [-0.1, -0.05) is 54.1 Å². The molecule has 0 unspecified atom stereocenters. The molecule has 5 nitrogen and oxygen atoms in total. The smallest absolute Gasteiger partial charge is 0.257 e. The van der Waals surface area contributed by atoms with Gasteiger partial charge in [0.15, 0.2) is 11.5 Å². The van der Waals surface area contributed by atoms with E-state index in [1.54, 1.807) is 18.2 Å². The van der Waals surface area contributed by atoms with Gasteiger partial charge in [-0.15, -0.1) is 0 Å². The molecule has 0 bridgehead atoms. The lowest BCUT2D eigenvalue weighted by Crippen LogP contribution is -2.27. The maximum atomic E-state index is 11.2. The molecule has 3 rings (SSSR count). The largest absolute Gasteiger partial charge is 0.493 e. The number of fused-ring (bicyclic) bond motifs is 1. The summed E-state index contributed by atoms with van der Waals surface area (Å²) in [6, 6.07) is 17.6. The number of carbonyl (C=O) groups is 1. The number of hydrogen-bond acceptors (Lipinski definition) is 4. The molecule has 0 fully saturated rings. The fraction of sp³-hybridized carbons (Fsp3) is 0.0952. The number of nitrogens with one attached hydrogen (secondary N) is 1. The first-order chi connectivity index (χ1) is 13.1. The predicted molar refractivity (Wildman–Crippen MR) is 108 cm³/mol. The Bertz CT molecular complexity index is 997. The number of benzene rings is 3. The number of ether oxygens (including phenoxy) is 2. The molecule has 0 atom stereocenters. The van der Waals surface area contributed by atoms with Crippen LogP contribution in [0.25, 0.3) is 16.8 Å². The Labute approximate surface area is 162 Å². The maximum Gasteiger partial charge on any atom is 0.257 e. The molecule has 3 N–H and O–H groups in total. The second-order valence-corrected chi connectivity index (χ2v) is 6.21. The molecule has 0 saturated heterocycles. The van der Waals surface area contributed by atoms with Crippen LogP contribution in [-0.4, -0.2) is 13.0 Å². The predicted octanol–water partition coefficient (Wildman–Crippen LogP) is 4.08. The average molecular weight is 383 g/mol. The minimum Gasteiger partial charge on any atom is -0.493 e. The minimum atomic E-state index is -0.415. The third-order valence-corrected chi connectivity index (χ3v) is 4.35. The second kappa shape index (κ2) is 8.58. The van der Waals surface area contributed by atoms with Crippen molar-refractivity contribution in [2.24, 2.45) is 5.84 Å². The molecule has 0 spiro atoms. The lowest BCUT2D eigenvalue weighted by molar-refractivity contribution is -0.116. The summed E-state index contributed by atoms with van der Waals surface area (Å²) in [7, 11) is 1.54. The van der Waals surface area contributed by atoms with Crippen molar-refractivity contribution < 1.29 is 14.3 Å². The van der Waals surface area contributed by atoms with Crippen molar-refractivity contribution in [1.29, 1.82) is 0 Å². The van der Waals surface area contributed by atoms with E-state index >= 15 is 0 Å². The molecule has 3 aromatic rings. The summed E-state index contributed by atoms with van der Waals surface area (Å²) in [5.74, 6) is 5.58. The Kier molecular flexibility index (Phi) is 5.96. The molecule has 3 aromatic carbocycles. The van der Waals surface area contributed by atoms with Crippen LogP contribution in [0.15, 0.2) is 60.7 Å². The van der Waals surface area contributed by atoms with E-state index in [4.69, 9.17) is 26.9 Å². The third kappa shape index (κ3) is 4.39. The van der Waals surface area contributed by atoms with E-state index in [1.165, 1.54) is 13.2 Å². The molecular weight excluding hydrogens is 364 g/mol. The van der Waals surface area contributed by atoms with Gasteiger partial charge >= 0.3 is 0 Å². The molecule has 0 saturated carbocycles. The highest BCUT2D eigenvalue weighted by atomic mass is 35.5. The van der Waals surface area contributed by atoms with Crippen LogP contribution in [0, 0.1) is 0 Å². The van der Waals surface area contributed by atoms with Gasteiger partial charge in [0.2, 0.25) is 0 Å². The molecule has 0 heterocycles. The monoisotopic (exact) mass is 382 g/mol. The summed E-state index contributed by atoms with van der Waals surface area (Å²) in [4.78, 5) is 11.2. The van der Waals surface area contributed by atoms with Crippen molar-refractivity contribution in [3.63, 3.8) is 0 Å². The third-order valence-electron chi connectivity index (χ3n) is 4.07. The van der Waals surface area contributed by atoms with Crippen LogP contribution in [0.1, 0.15) is 11.1 Å². The lowest BCUT2D eigenvalue weighted by Gasteiger charge is -2.14. The van der Waals surface area contributed by atoms with Crippen molar-refractivity contribution in [2.45, 2.75) is 6.61 Å². The number of hydrogen-bond donors (Lipinski definition) is 2. The average Bonchev–Trinajstić information content (AvgIpc) is 2.70. The maximum absolute atomic E-state index is 11.2. The zero-order valence-corrected chi connectivity index (χ0v) is 15.5. The Morgan fingerprint density at radius 2 is 1.96 bits per heavy atom. The van der Waals surface area contributed by atoms with Crippen molar-refractivity contribution in [1.82, 2.24) is 5.43 Å². The van der Waals surface area contributed by atoms with E-state index in [0.717, 1.165) is 16.3 Å². The van der Waals surface area contributed by atoms with Gasteiger partial charge in [-0.2, -0.15) is 0 Å². The number of halogens is 1. The number of carbonyl (C=O) groups excluding carboxylic acids is 1. The summed E-state index contributed by atoms with van der Waals surface area (Å²) >= 11 is 6.38. The Balaban J connectivity index is 1.86. The van der Waals surface area contributed by atoms with Crippen molar-refractivity contribution in [3.05, 3.63) is 76.8 Å². The number of rotatable bonds is 6. The number of methoxy groups -OCH3 is 1. The molecule has 0 aromatic heterocycles. The Hall–Kier alpha value is -3.02. The minimum absolute atomic E-state index is 0.349. The molecule has 1 amide bonds. The highest BCUT2D eigenvalue weighted by molar-refractivity contribution is 6.32. The van der Waals surface area contributed by atoms with Gasteiger partial charge in [-0.05, 0) is 40.1 Å². The first-order valence-electron chi connectivity index (χ1n) is 8.28. The number of nitrogens with two attached hydrogens (primary N) is 1. The summed E-state index contributed by atoms with van der Waals surface area (Å²) < 4.78 is 11.4. The van der Waals surface area contributed by atoms with Gasteiger partial charge in [0.05, 0.1) is 12.1 Å². The van der Waals surface area contributed by atoms with Gasteiger partial charge in [-0.3, -0.25) is 10.2 Å². The van der Waals surface area contributed by atoms with Gasteiger partial charge in [0, 0.05) is 6.08 Å². The van der Waals surface area contributed by atoms with E-state index < -0.39 is 5.91 Å². The summed E-state index contributed by atoms with van der Waals surface area (Å²) in [5.41, 5.74) is 3.77. The molecule has 0 radical (unpaired) electrons. The first-order valence-corrected chi connectivity index (χ1v) is 8.66. The fourth-order valence-corrected chi connectivity index (χ4v) is 3.04. The van der Waals surface area contributed by atoms with Crippen LogP contribution in [0.4, 0.5) is 0 Å². The van der Waals surface area contributed by atoms with Crippen molar-refractivity contribution >= 4 is 34.4 Å². The van der Waals surface area contributed by atoms with Crippen molar-refractivity contribution in [2.75, 3.05) is 7.11 Å². The molecule has 6 heteroatoms. The van der Waals surface area contributed by atoms with Crippen molar-refractivity contribution in [3.8, 4) is 11.5 Å². The molecule has 0 aliphatic carbocycles. The Morgan fingerprint density at radius 3 is 2.74 bits per heavy atom. The number of amides is 1. The van der Waals surface area contributed by atoms with Crippen LogP contribution < -0.4 is 20.7 Å². The summed E-state index contributed by atoms with van der Waals surface area (Å²) in [6.45, 7) is 0.349. The van der Waals surface area contributed by atoms with E-state index in [-0.39, 0.29) is 0 Å². The Morgan fingerprint density at radius 1 is 1.19 bits per heavy atom. The highest BCUT2D eigenvalue weighted by Crippen LogP contribution is 2.37. The van der Waals surface area contributed by atoms with Crippen LogP contribution in [-0.2, 0) is 11.4 Å². The molecular formula is C21H19ClN2O3. The second-order valence-electron chi connectivity index (χ2n) is 5.80. The molecule has 27 heavy (non-hydrogen) atoms. The van der Waals surface area contributed by atoms with Crippen LogP contribution in [0.3, 0.4) is 0 Å². The molecule has 138 valence electrons. The van der Waals surface area contributed by atoms with Gasteiger partial charge in [-0.25, -0.2) is 5.84 Å². The lowest BCUT2D eigenvalue weighted by atomic mass is 10.1. The van der Waals surface area contributed by atoms with E-state index in [1.807, 2.05) is 29.7 Å².